The highest BCUT2D eigenvalue weighted by molar-refractivity contribution is 5.96. The Kier molecular flexibility index (Phi) is 2.85. The van der Waals surface area contributed by atoms with Crippen molar-refractivity contribution in [3.63, 3.8) is 0 Å². The zero-order chi connectivity index (χ0) is 11.7. The van der Waals surface area contributed by atoms with Crippen LogP contribution in [0.1, 0.15) is 18.4 Å². The van der Waals surface area contributed by atoms with E-state index in [2.05, 4.69) is 23.5 Å². The van der Waals surface area contributed by atoms with Gasteiger partial charge in [0.2, 0.25) is 5.91 Å². The molecule has 0 atom stereocenters. The lowest BCUT2D eigenvalue weighted by molar-refractivity contribution is -0.118. The molecule has 0 saturated carbocycles. The van der Waals surface area contributed by atoms with Crippen LogP contribution in [0.3, 0.4) is 0 Å². The van der Waals surface area contributed by atoms with E-state index in [1.54, 1.807) is 0 Å². The highest BCUT2D eigenvalue weighted by Crippen LogP contribution is 2.28. The Bertz CT molecular complexity index is 426. The summed E-state index contributed by atoms with van der Waals surface area (Å²) in [6.45, 7) is 3.11. The van der Waals surface area contributed by atoms with Crippen molar-refractivity contribution < 1.29 is 4.79 Å². The molecule has 1 amide bonds. The second kappa shape index (κ2) is 4.49. The summed E-state index contributed by atoms with van der Waals surface area (Å²) < 4.78 is 0. The second-order valence-electron chi connectivity index (χ2n) is 4.99. The zero-order valence-electron chi connectivity index (χ0n) is 9.98. The molecule has 3 rings (SSSR count). The Morgan fingerprint density at radius 1 is 1.24 bits per heavy atom. The van der Waals surface area contributed by atoms with E-state index in [9.17, 15) is 4.79 Å². The van der Waals surface area contributed by atoms with E-state index in [1.165, 1.54) is 5.56 Å². The van der Waals surface area contributed by atoms with Gasteiger partial charge in [-0.3, -0.25) is 4.79 Å². The first-order valence-electron chi connectivity index (χ1n) is 6.43. The van der Waals surface area contributed by atoms with Gasteiger partial charge in [0, 0.05) is 18.7 Å². The van der Waals surface area contributed by atoms with Crippen LogP contribution in [-0.4, -0.2) is 25.5 Å². The molecule has 1 saturated heterocycles. The number of amides is 1. The average molecular weight is 230 g/mol. The molecular formula is C14H18N2O. The first-order chi connectivity index (χ1) is 8.34. The van der Waals surface area contributed by atoms with Crippen molar-refractivity contribution in [2.45, 2.75) is 19.3 Å². The quantitative estimate of drug-likeness (QED) is 0.855. The third-order valence-electron chi connectivity index (χ3n) is 3.82. The third-order valence-corrected chi connectivity index (χ3v) is 3.82. The summed E-state index contributed by atoms with van der Waals surface area (Å²) in [6, 6.07) is 8.29. The second-order valence-corrected chi connectivity index (χ2v) is 4.99. The molecule has 2 aliphatic heterocycles. The van der Waals surface area contributed by atoms with Gasteiger partial charge in [0.05, 0.1) is 0 Å². The van der Waals surface area contributed by atoms with Crippen molar-refractivity contribution >= 4 is 11.6 Å². The van der Waals surface area contributed by atoms with Crippen LogP contribution in [0.2, 0.25) is 0 Å². The number of carbonyl (C=O) groups is 1. The first kappa shape index (κ1) is 10.8. The maximum atomic E-state index is 12.0. The van der Waals surface area contributed by atoms with Gasteiger partial charge in [-0.15, -0.1) is 0 Å². The van der Waals surface area contributed by atoms with E-state index in [0.717, 1.165) is 44.1 Å². The number of para-hydroxylation sites is 1. The van der Waals surface area contributed by atoms with E-state index in [0.29, 0.717) is 6.42 Å². The molecule has 17 heavy (non-hydrogen) atoms. The molecule has 0 aromatic heterocycles. The van der Waals surface area contributed by atoms with Gasteiger partial charge in [-0.2, -0.15) is 0 Å². The van der Waals surface area contributed by atoms with Gasteiger partial charge >= 0.3 is 0 Å². The van der Waals surface area contributed by atoms with Crippen LogP contribution in [-0.2, 0) is 11.2 Å². The monoisotopic (exact) mass is 230 g/mol. The standard InChI is InChI=1S/C14H18N2O/c17-14-6-5-12-3-1-2-4-13(12)16(14)8-7-11-9-15-10-11/h1-4,11,15H,5-10H2. The highest BCUT2D eigenvalue weighted by Gasteiger charge is 2.25. The van der Waals surface area contributed by atoms with Crippen LogP contribution in [0.25, 0.3) is 0 Å². The Balaban J connectivity index is 1.74. The molecule has 1 aromatic carbocycles. The van der Waals surface area contributed by atoms with Crippen molar-refractivity contribution in [2.24, 2.45) is 5.92 Å². The molecule has 1 aromatic rings. The van der Waals surface area contributed by atoms with Crippen LogP contribution in [0.5, 0.6) is 0 Å². The van der Waals surface area contributed by atoms with Crippen LogP contribution < -0.4 is 10.2 Å². The maximum absolute atomic E-state index is 12.0. The van der Waals surface area contributed by atoms with Gasteiger partial charge in [-0.25, -0.2) is 0 Å². The lowest BCUT2D eigenvalue weighted by atomic mass is 9.97. The molecule has 0 unspecified atom stereocenters. The smallest absolute Gasteiger partial charge is 0.227 e. The summed E-state index contributed by atoms with van der Waals surface area (Å²) >= 11 is 0. The summed E-state index contributed by atoms with van der Waals surface area (Å²) in [6.07, 6.45) is 2.68. The SMILES string of the molecule is O=C1CCc2ccccc2N1CCC1CNC1. The number of hydrogen-bond donors (Lipinski definition) is 1. The van der Waals surface area contributed by atoms with E-state index in [1.807, 2.05) is 11.0 Å². The minimum atomic E-state index is 0.288. The van der Waals surface area contributed by atoms with Crippen molar-refractivity contribution in [3.8, 4) is 0 Å². The number of fused-ring (bicyclic) bond motifs is 1. The molecule has 2 aliphatic rings. The van der Waals surface area contributed by atoms with Crippen molar-refractivity contribution in [1.29, 1.82) is 0 Å². The van der Waals surface area contributed by atoms with E-state index < -0.39 is 0 Å². The van der Waals surface area contributed by atoms with E-state index in [4.69, 9.17) is 0 Å². The minimum absolute atomic E-state index is 0.288. The van der Waals surface area contributed by atoms with Gasteiger partial charge < -0.3 is 10.2 Å². The first-order valence-corrected chi connectivity index (χ1v) is 6.43. The molecule has 90 valence electrons. The van der Waals surface area contributed by atoms with Crippen LogP contribution in [0, 0.1) is 5.92 Å². The highest BCUT2D eigenvalue weighted by atomic mass is 16.2. The fraction of sp³-hybridized carbons (Fsp3) is 0.500. The lowest BCUT2D eigenvalue weighted by Crippen LogP contribution is -2.45. The number of anilines is 1. The van der Waals surface area contributed by atoms with Gasteiger partial charge in [0.1, 0.15) is 0 Å². The van der Waals surface area contributed by atoms with Gasteiger partial charge in [-0.05, 0) is 43.5 Å². The van der Waals surface area contributed by atoms with Crippen LogP contribution >= 0.6 is 0 Å². The number of aryl methyl sites for hydroxylation is 1. The largest absolute Gasteiger partial charge is 0.316 e. The summed E-state index contributed by atoms with van der Waals surface area (Å²) in [4.78, 5) is 14.0. The Morgan fingerprint density at radius 2 is 2.06 bits per heavy atom. The van der Waals surface area contributed by atoms with E-state index >= 15 is 0 Å². The molecule has 0 spiro atoms. The molecule has 0 radical (unpaired) electrons. The third kappa shape index (κ3) is 2.07. The molecule has 1 fully saturated rings. The van der Waals surface area contributed by atoms with Crippen molar-refractivity contribution in [2.75, 3.05) is 24.5 Å². The summed E-state index contributed by atoms with van der Waals surface area (Å²) in [5.74, 6) is 1.05. The Morgan fingerprint density at radius 3 is 2.82 bits per heavy atom. The number of carbonyl (C=O) groups excluding carboxylic acids is 1. The molecular weight excluding hydrogens is 212 g/mol. The number of hydrogen-bond acceptors (Lipinski definition) is 2. The molecule has 1 N–H and O–H groups in total. The predicted octanol–water partition coefficient (Wildman–Crippen LogP) is 1.58. The predicted molar refractivity (Wildman–Crippen MR) is 68.1 cm³/mol. The fourth-order valence-electron chi connectivity index (χ4n) is 2.61. The zero-order valence-corrected chi connectivity index (χ0v) is 9.98. The number of nitrogens with one attached hydrogen (secondary N) is 1. The maximum Gasteiger partial charge on any atom is 0.227 e. The topological polar surface area (TPSA) is 32.3 Å². The van der Waals surface area contributed by atoms with Crippen LogP contribution in [0.4, 0.5) is 5.69 Å². The van der Waals surface area contributed by atoms with Gasteiger partial charge in [0.25, 0.3) is 0 Å². The number of benzene rings is 1. The van der Waals surface area contributed by atoms with Crippen LogP contribution in [0.15, 0.2) is 24.3 Å². The Hall–Kier alpha value is -1.35. The summed E-state index contributed by atoms with van der Waals surface area (Å²) in [7, 11) is 0. The minimum Gasteiger partial charge on any atom is -0.316 e. The fourth-order valence-corrected chi connectivity index (χ4v) is 2.61. The normalized spacial score (nSPS) is 20.0. The summed E-state index contributed by atoms with van der Waals surface area (Å²) in [5.41, 5.74) is 2.45. The summed E-state index contributed by atoms with van der Waals surface area (Å²) in [5, 5.41) is 3.28. The Labute approximate surface area is 102 Å². The number of rotatable bonds is 3. The van der Waals surface area contributed by atoms with Crippen molar-refractivity contribution in [3.05, 3.63) is 29.8 Å². The molecule has 0 aliphatic carbocycles. The van der Waals surface area contributed by atoms with E-state index in [-0.39, 0.29) is 5.91 Å². The van der Waals surface area contributed by atoms with Gasteiger partial charge in [0.15, 0.2) is 0 Å². The molecule has 3 nitrogen and oxygen atoms in total. The molecule has 0 bridgehead atoms. The van der Waals surface area contributed by atoms with Crippen molar-refractivity contribution in [1.82, 2.24) is 5.32 Å². The van der Waals surface area contributed by atoms with Gasteiger partial charge in [-0.1, -0.05) is 18.2 Å². The number of nitrogens with zero attached hydrogens (tertiary/aromatic N) is 1. The average Bonchev–Trinajstić information content (AvgIpc) is 2.30. The molecule has 2 heterocycles. The molecule has 3 heteroatoms. The lowest BCUT2D eigenvalue weighted by Gasteiger charge is -2.33.